The number of amides is 1. The van der Waals surface area contributed by atoms with E-state index in [-0.39, 0.29) is 5.60 Å². The second-order valence-electron chi connectivity index (χ2n) is 6.36. The summed E-state index contributed by atoms with van der Waals surface area (Å²) in [6.45, 7) is 3.99. The number of carboxylic acid groups (broad SMARTS) is 1. The zero-order valence-electron chi connectivity index (χ0n) is 12.4. The van der Waals surface area contributed by atoms with Gasteiger partial charge >= 0.3 is 6.09 Å². The van der Waals surface area contributed by atoms with Crippen molar-refractivity contribution >= 4 is 6.09 Å². The third-order valence-corrected chi connectivity index (χ3v) is 4.70. The number of pyridine rings is 1. The van der Waals surface area contributed by atoms with Gasteiger partial charge in [-0.15, -0.1) is 0 Å². The average molecular weight is 290 g/mol. The third kappa shape index (κ3) is 3.18. The Kier molecular flexibility index (Phi) is 3.85. The summed E-state index contributed by atoms with van der Waals surface area (Å²) in [7, 11) is 0. The molecule has 2 fully saturated rings. The maximum atomic E-state index is 11.0. The van der Waals surface area contributed by atoms with Crippen LogP contribution in [0.2, 0.25) is 0 Å². The molecule has 1 atom stereocenters. The number of aromatic nitrogens is 1. The van der Waals surface area contributed by atoms with Crippen molar-refractivity contribution in [1.82, 2.24) is 9.88 Å². The molecule has 2 saturated heterocycles. The van der Waals surface area contributed by atoms with E-state index < -0.39 is 6.09 Å². The van der Waals surface area contributed by atoms with Crippen LogP contribution in [0.15, 0.2) is 18.3 Å². The van der Waals surface area contributed by atoms with Crippen molar-refractivity contribution in [2.75, 3.05) is 19.7 Å². The number of rotatable bonds is 2. The van der Waals surface area contributed by atoms with Gasteiger partial charge in [0.25, 0.3) is 0 Å². The van der Waals surface area contributed by atoms with Crippen LogP contribution in [0.5, 0.6) is 0 Å². The topological polar surface area (TPSA) is 62.7 Å². The minimum Gasteiger partial charge on any atom is -0.465 e. The lowest BCUT2D eigenvalue weighted by Gasteiger charge is -2.37. The Labute approximate surface area is 124 Å². The second-order valence-corrected chi connectivity index (χ2v) is 6.36. The Morgan fingerprint density at radius 2 is 2.24 bits per heavy atom. The fraction of sp³-hybridized carbons (Fsp3) is 0.625. The van der Waals surface area contributed by atoms with Crippen molar-refractivity contribution in [3.8, 4) is 0 Å². The van der Waals surface area contributed by atoms with Gasteiger partial charge in [-0.2, -0.15) is 0 Å². The summed E-state index contributed by atoms with van der Waals surface area (Å²) in [5, 5.41) is 9.02. The molecule has 0 radical (unpaired) electrons. The smallest absolute Gasteiger partial charge is 0.407 e. The van der Waals surface area contributed by atoms with E-state index in [0.29, 0.717) is 19.0 Å². The molecule has 1 aromatic rings. The lowest BCUT2D eigenvalue weighted by molar-refractivity contribution is -0.0396. The Morgan fingerprint density at radius 1 is 1.48 bits per heavy atom. The van der Waals surface area contributed by atoms with Crippen molar-refractivity contribution in [1.29, 1.82) is 0 Å². The maximum absolute atomic E-state index is 11.0. The van der Waals surface area contributed by atoms with E-state index in [1.54, 1.807) is 0 Å². The molecule has 0 bridgehead atoms. The Hall–Kier alpha value is -1.62. The Bertz CT molecular complexity index is 507. The number of aryl methyl sites for hydroxylation is 1. The van der Waals surface area contributed by atoms with E-state index in [0.717, 1.165) is 38.0 Å². The molecule has 114 valence electrons. The lowest BCUT2D eigenvalue weighted by atomic mass is 9.84. The van der Waals surface area contributed by atoms with Gasteiger partial charge in [0.2, 0.25) is 0 Å². The van der Waals surface area contributed by atoms with Gasteiger partial charge in [0, 0.05) is 25.0 Å². The average Bonchev–Trinajstić information content (AvgIpc) is 2.85. The van der Waals surface area contributed by atoms with Crippen molar-refractivity contribution in [3.63, 3.8) is 0 Å². The molecule has 1 spiro atoms. The molecule has 1 unspecified atom stereocenters. The summed E-state index contributed by atoms with van der Waals surface area (Å²) in [6.07, 6.45) is 4.70. The Morgan fingerprint density at radius 3 is 2.86 bits per heavy atom. The van der Waals surface area contributed by atoms with E-state index in [4.69, 9.17) is 9.84 Å². The van der Waals surface area contributed by atoms with Crippen LogP contribution >= 0.6 is 0 Å². The normalized spacial score (nSPS) is 24.4. The van der Waals surface area contributed by atoms with Crippen molar-refractivity contribution in [2.24, 2.45) is 5.92 Å². The van der Waals surface area contributed by atoms with Gasteiger partial charge in [-0.25, -0.2) is 4.79 Å². The van der Waals surface area contributed by atoms with E-state index >= 15 is 0 Å². The molecular formula is C16H22N2O3. The molecule has 2 aliphatic rings. The summed E-state index contributed by atoms with van der Waals surface area (Å²) < 4.78 is 6.07. The molecule has 5 nitrogen and oxygen atoms in total. The van der Waals surface area contributed by atoms with Gasteiger partial charge in [-0.3, -0.25) is 4.98 Å². The summed E-state index contributed by atoms with van der Waals surface area (Å²) in [6, 6.07) is 4.19. The highest BCUT2D eigenvalue weighted by molar-refractivity contribution is 5.65. The van der Waals surface area contributed by atoms with Crippen LogP contribution in [-0.2, 0) is 11.2 Å². The van der Waals surface area contributed by atoms with Gasteiger partial charge in [0.15, 0.2) is 0 Å². The highest BCUT2D eigenvalue weighted by atomic mass is 16.5. The molecule has 3 heterocycles. The SMILES string of the molecule is Cc1ccc(CC2COC3(CCN(C(=O)O)CC3)C2)nc1. The second kappa shape index (κ2) is 5.64. The summed E-state index contributed by atoms with van der Waals surface area (Å²) in [5.41, 5.74) is 2.20. The number of ether oxygens (including phenoxy) is 1. The maximum Gasteiger partial charge on any atom is 0.407 e. The van der Waals surface area contributed by atoms with Crippen LogP contribution in [0.4, 0.5) is 4.79 Å². The quantitative estimate of drug-likeness (QED) is 0.909. The minimum atomic E-state index is -0.816. The molecular weight excluding hydrogens is 268 g/mol. The lowest BCUT2D eigenvalue weighted by Crippen LogP contribution is -2.46. The number of piperidine rings is 1. The largest absolute Gasteiger partial charge is 0.465 e. The highest BCUT2D eigenvalue weighted by Gasteiger charge is 2.43. The predicted octanol–water partition coefficient (Wildman–Crippen LogP) is 2.48. The minimum absolute atomic E-state index is 0.0959. The molecule has 1 N–H and O–H groups in total. The monoisotopic (exact) mass is 290 g/mol. The summed E-state index contributed by atoms with van der Waals surface area (Å²) in [5.74, 6) is 0.497. The van der Waals surface area contributed by atoms with Crippen molar-refractivity contribution < 1.29 is 14.6 Å². The predicted molar refractivity (Wildman–Crippen MR) is 78.3 cm³/mol. The van der Waals surface area contributed by atoms with E-state index in [2.05, 4.69) is 17.1 Å². The van der Waals surface area contributed by atoms with Crippen LogP contribution < -0.4 is 0 Å². The standard InChI is InChI=1S/C16H22N2O3/c1-12-2-3-14(17-10-12)8-13-9-16(21-11-13)4-6-18(7-5-16)15(19)20/h2-3,10,13H,4-9,11H2,1H3,(H,19,20). The Balaban J connectivity index is 1.56. The van der Waals surface area contributed by atoms with Gasteiger partial charge in [0.05, 0.1) is 12.2 Å². The van der Waals surface area contributed by atoms with Gasteiger partial charge in [0.1, 0.15) is 0 Å². The van der Waals surface area contributed by atoms with E-state index in [1.807, 2.05) is 13.1 Å². The van der Waals surface area contributed by atoms with Crippen LogP contribution in [0.25, 0.3) is 0 Å². The molecule has 0 aromatic carbocycles. The fourth-order valence-corrected chi connectivity index (χ4v) is 3.44. The van der Waals surface area contributed by atoms with Crippen molar-refractivity contribution in [3.05, 3.63) is 29.6 Å². The number of likely N-dealkylation sites (tertiary alicyclic amines) is 1. The first-order valence-corrected chi connectivity index (χ1v) is 7.60. The van der Waals surface area contributed by atoms with Crippen LogP contribution in [0.1, 0.15) is 30.5 Å². The number of nitrogens with zero attached hydrogens (tertiary/aromatic N) is 2. The molecule has 3 rings (SSSR count). The summed E-state index contributed by atoms with van der Waals surface area (Å²) in [4.78, 5) is 16.9. The first kappa shape index (κ1) is 14.3. The first-order valence-electron chi connectivity index (χ1n) is 7.60. The molecule has 21 heavy (non-hydrogen) atoms. The number of hydrogen-bond donors (Lipinski definition) is 1. The van der Waals surface area contributed by atoms with Gasteiger partial charge in [-0.05, 0) is 50.2 Å². The van der Waals surface area contributed by atoms with E-state index in [9.17, 15) is 4.79 Å². The highest BCUT2D eigenvalue weighted by Crippen LogP contribution is 2.39. The van der Waals surface area contributed by atoms with Crippen molar-refractivity contribution in [2.45, 2.75) is 38.2 Å². The first-order chi connectivity index (χ1) is 10.1. The zero-order valence-corrected chi connectivity index (χ0v) is 12.4. The molecule has 1 amide bonds. The zero-order chi connectivity index (χ0) is 14.9. The molecule has 0 aliphatic carbocycles. The van der Waals surface area contributed by atoms with Crippen LogP contribution in [0.3, 0.4) is 0 Å². The summed E-state index contributed by atoms with van der Waals surface area (Å²) >= 11 is 0. The van der Waals surface area contributed by atoms with E-state index in [1.165, 1.54) is 10.5 Å². The fourth-order valence-electron chi connectivity index (χ4n) is 3.44. The number of hydrogen-bond acceptors (Lipinski definition) is 3. The van der Waals surface area contributed by atoms with Crippen LogP contribution in [-0.4, -0.2) is 46.4 Å². The molecule has 0 saturated carbocycles. The molecule has 1 aromatic heterocycles. The molecule has 5 heteroatoms. The molecule has 2 aliphatic heterocycles. The third-order valence-electron chi connectivity index (χ3n) is 4.70. The van der Waals surface area contributed by atoms with Gasteiger partial charge in [-0.1, -0.05) is 6.07 Å². The number of carbonyl (C=O) groups is 1. The van der Waals surface area contributed by atoms with Crippen LogP contribution in [0, 0.1) is 12.8 Å². The van der Waals surface area contributed by atoms with Gasteiger partial charge < -0.3 is 14.7 Å².